The predicted molar refractivity (Wildman–Crippen MR) is 63.1 cm³/mol. The SMILES string of the molecule is CN(C)S(=O)(=O)NCC1CCCCC1CO. The summed E-state index contributed by atoms with van der Waals surface area (Å²) in [6.07, 6.45) is 4.28. The first-order valence-electron chi connectivity index (χ1n) is 5.75. The molecule has 2 unspecified atom stereocenters. The molecule has 5 nitrogen and oxygen atoms in total. The molecule has 2 N–H and O–H groups in total. The molecular formula is C10H22N2O3S. The van der Waals surface area contributed by atoms with Crippen LogP contribution in [-0.4, -0.2) is 45.1 Å². The quantitative estimate of drug-likeness (QED) is 0.731. The van der Waals surface area contributed by atoms with Gasteiger partial charge >= 0.3 is 0 Å². The fraction of sp³-hybridized carbons (Fsp3) is 1.00. The number of rotatable bonds is 5. The monoisotopic (exact) mass is 250 g/mol. The topological polar surface area (TPSA) is 69.6 Å². The zero-order valence-electron chi connectivity index (χ0n) is 10.0. The Morgan fingerprint density at radius 3 is 2.31 bits per heavy atom. The van der Waals surface area contributed by atoms with E-state index in [-0.39, 0.29) is 18.4 Å². The van der Waals surface area contributed by atoms with Gasteiger partial charge in [0.05, 0.1) is 0 Å². The van der Waals surface area contributed by atoms with Gasteiger partial charge in [-0.05, 0) is 24.7 Å². The Morgan fingerprint density at radius 2 is 1.81 bits per heavy atom. The molecule has 0 aromatic heterocycles. The highest BCUT2D eigenvalue weighted by Crippen LogP contribution is 2.29. The third-order valence-corrected chi connectivity index (χ3v) is 4.80. The smallest absolute Gasteiger partial charge is 0.278 e. The number of nitrogens with zero attached hydrogens (tertiary/aromatic N) is 1. The molecule has 0 aliphatic heterocycles. The van der Waals surface area contributed by atoms with Gasteiger partial charge in [0.25, 0.3) is 10.2 Å². The van der Waals surface area contributed by atoms with Crippen LogP contribution in [0, 0.1) is 11.8 Å². The molecule has 0 radical (unpaired) electrons. The molecule has 2 atom stereocenters. The van der Waals surface area contributed by atoms with E-state index in [0.717, 1.165) is 25.7 Å². The van der Waals surface area contributed by atoms with Crippen molar-refractivity contribution in [3.05, 3.63) is 0 Å². The van der Waals surface area contributed by atoms with Crippen molar-refractivity contribution in [3.63, 3.8) is 0 Å². The van der Waals surface area contributed by atoms with Crippen LogP contribution < -0.4 is 4.72 Å². The molecule has 16 heavy (non-hydrogen) atoms. The molecule has 0 amide bonds. The lowest BCUT2D eigenvalue weighted by atomic mass is 9.80. The highest BCUT2D eigenvalue weighted by molar-refractivity contribution is 7.87. The molecule has 1 aliphatic rings. The first kappa shape index (κ1) is 13.9. The lowest BCUT2D eigenvalue weighted by molar-refractivity contribution is 0.136. The van der Waals surface area contributed by atoms with Gasteiger partial charge in [0.2, 0.25) is 0 Å². The van der Waals surface area contributed by atoms with Gasteiger partial charge in [0.15, 0.2) is 0 Å². The maximum absolute atomic E-state index is 11.5. The van der Waals surface area contributed by atoms with Crippen molar-refractivity contribution in [2.45, 2.75) is 25.7 Å². The Kier molecular flexibility index (Phi) is 5.17. The maximum atomic E-state index is 11.5. The van der Waals surface area contributed by atoms with Crippen LogP contribution in [0.4, 0.5) is 0 Å². The van der Waals surface area contributed by atoms with Crippen LogP contribution in [0.3, 0.4) is 0 Å². The summed E-state index contributed by atoms with van der Waals surface area (Å²) in [6, 6.07) is 0. The Hall–Kier alpha value is -0.170. The second-order valence-electron chi connectivity index (χ2n) is 4.62. The molecule has 0 aromatic carbocycles. The van der Waals surface area contributed by atoms with E-state index < -0.39 is 10.2 Å². The molecule has 0 heterocycles. The molecular weight excluding hydrogens is 228 g/mol. The summed E-state index contributed by atoms with van der Waals surface area (Å²) in [5, 5.41) is 9.21. The Labute approximate surface area is 98.0 Å². The fourth-order valence-corrected chi connectivity index (χ4v) is 2.82. The van der Waals surface area contributed by atoms with Crippen molar-refractivity contribution in [2.75, 3.05) is 27.2 Å². The van der Waals surface area contributed by atoms with Gasteiger partial charge in [-0.2, -0.15) is 12.7 Å². The van der Waals surface area contributed by atoms with Gasteiger partial charge in [-0.25, -0.2) is 4.72 Å². The highest BCUT2D eigenvalue weighted by Gasteiger charge is 2.26. The van der Waals surface area contributed by atoms with Crippen molar-refractivity contribution >= 4 is 10.2 Å². The third-order valence-electron chi connectivity index (χ3n) is 3.31. The summed E-state index contributed by atoms with van der Waals surface area (Å²) in [5.74, 6) is 0.520. The van der Waals surface area contributed by atoms with Crippen molar-refractivity contribution in [3.8, 4) is 0 Å². The van der Waals surface area contributed by atoms with Gasteiger partial charge < -0.3 is 5.11 Å². The van der Waals surface area contributed by atoms with Crippen molar-refractivity contribution in [2.24, 2.45) is 11.8 Å². The van der Waals surface area contributed by atoms with Crippen LogP contribution in [0.1, 0.15) is 25.7 Å². The highest BCUT2D eigenvalue weighted by atomic mass is 32.2. The standard InChI is InChI=1S/C10H22N2O3S/c1-12(2)16(14,15)11-7-9-5-3-4-6-10(9)8-13/h9-11,13H,3-8H2,1-2H3. The minimum atomic E-state index is -3.33. The van der Waals surface area contributed by atoms with E-state index in [4.69, 9.17) is 0 Å². The lowest BCUT2D eigenvalue weighted by Crippen LogP contribution is -2.40. The molecule has 0 aromatic rings. The summed E-state index contributed by atoms with van der Waals surface area (Å²) in [7, 11) is -0.314. The van der Waals surface area contributed by atoms with Crippen molar-refractivity contribution in [1.82, 2.24) is 9.03 Å². The number of nitrogens with one attached hydrogen (secondary N) is 1. The molecule has 6 heteroatoms. The number of hydrogen-bond acceptors (Lipinski definition) is 3. The van der Waals surface area contributed by atoms with Crippen LogP contribution in [-0.2, 0) is 10.2 Å². The minimum absolute atomic E-state index is 0.161. The number of aliphatic hydroxyl groups excluding tert-OH is 1. The van der Waals surface area contributed by atoms with Crippen molar-refractivity contribution in [1.29, 1.82) is 0 Å². The first-order valence-corrected chi connectivity index (χ1v) is 7.19. The molecule has 0 spiro atoms. The Bertz CT molecular complexity index is 303. The Morgan fingerprint density at radius 1 is 1.25 bits per heavy atom. The van der Waals surface area contributed by atoms with E-state index in [1.54, 1.807) is 0 Å². The van der Waals surface area contributed by atoms with Gasteiger partial charge in [0, 0.05) is 27.2 Å². The molecule has 1 rings (SSSR count). The second kappa shape index (κ2) is 5.95. The summed E-state index contributed by atoms with van der Waals surface area (Å²) < 4.78 is 26.8. The van der Waals surface area contributed by atoms with Crippen LogP contribution in [0.15, 0.2) is 0 Å². The zero-order chi connectivity index (χ0) is 12.2. The van der Waals surface area contributed by atoms with E-state index in [0.29, 0.717) is 6.54 Å². The molecule has 1 aliphatic carbocycles. The summed E-state index contributed by atoms with van der Waals surface area (Å²) >= 11 is 0. The van der Waals surface area contributed by atoms with E-state index >= 15 is 0 Å². The number of aliphatic hydroxyl groups is 1. The van der Waals surface area contributed by atoms with Gasteiger partial charge in [-0.3, -0.25) is 0 Å². The van der Waals surface area contributed by atoms with Gasteiger partial charge in [-0.1, -0.05) is 12.8 Å². The first-order chi connectivity index (χ1) is 7.47. The van der Waals surface area contributed by atoms with Crippen LogP contribution in [0.5, 0.6) is 0 Å². The van der Waals surface area contributed by atoms with E-state index in [9.17, 15) is 13.5 Å². The average molecular weight is 250 g/mol. The fourth-order valence-electron chi connectivity index (χ4n) is 2.13. The Balaban J connectivity index is 2.47. The molecule has 1 fully saturated rings. The van der Waals surface area contributed by atoms with Crippen molar-refractivity contribution < 1.29 is 13.5 Å². The minimum Gasteiger partial charge on any atom is -0.396 e. The van der Waals surface area contributed by atoms with E-state index in [1.807, 2.05) is 0 Å². The molecule has 1 saturated carbocycles. The third kappa shape index (κ3) is 3.69. The van der Waals surface area contributed by atoms with E-state index in [2.05, 4.69) is 4.72 Å². The van der Waals surface area contributed by atoms with E-state index in [1.165, 1.54) is 18.4 Å². The average Bonchev–Trinajstić information content (AvgIpc) is 2.26. The van der Waals surface area contributed by atoms with Crippen LogP contribution >= 0.6 is 0 Å². The molecule has 0 saturated heterocycles. The lowest BCUT2D eigenvalue weighted by Gasteiger charge is -2.30. The van der Waals surface area contributed by atoms with Gasteiger partial charge in [-0.15, -0.1) is 0 Å². The summed E-state index contributed by atoms with van der Waals surface area (Å²) in [5.41, 5.74) is 0. The zero-order valence-corrected chi connectivity index (χ0v) is 10.8. The van der Waals surface area contributed by atoms with Crippen LogP contribution in [0.2, 0.25) is 0 Å². The largest absolute Gasteiger partial charge is 0.396 e. The normalized spacial score (nSPS) is 27.2. The summed E-state index contributed by atoms with van der Waals surface area (Å²) in [6.45, 7) is 0.597. The molecule has 0 bridgehead atoms. The summed E-state index contributed by atoms with van der Waals surface area (Å²) in [4.78, 5) is 0. The number of hydrogen-bond donors (Lipinski definition) is 2. The predicted octanol–water partition coefficient (Wildman–Crippen LogP) is 0.181. The molecule has 96 valence electrons. The maximum Gasteiger partial charge on any atom is 0.278 e. The van der Waals surface area contributed by atoms with Gasteiger partial charge in [0.1, 0.15) is 0 Å². The van der Waals surface area contributed by atoms with Crippen LogP contribution in [0.25, 0.3) is 0 Å². The second-order valence-corrected chi connectivity index (χ2v) is 6.59.